The van der Waals surface area contributed by atoms with Crippen LogP contribution in [0.3, 0.4) is 0 Å². The number of nitrogens with zero attached hydrogens (tertiary/aromatic N) is 1. The van der Waals surface area contributed by atoms with Gasteiger partial charge in [0.05, 0.1) is 12.3 Å². The number of rotatable bonds is 14. The number of ether oxygens (including phenoxy) is 1. The molecule has 0 saturated heterocycles. The average molecular weight is 508 g/mol. The minimum Gasteiger partial charge on any atom is -0.463 e. The van der Waals surface area contributed by atoms with Crippen LogP contribution in [0.25, 0.3) is 5.57 Å². The number of carbonyl (C=O) groups excluding carboxylic acids is 1. The highest BCUT2D eigenvalue weighted by Crippen LogP contribution is 2.32. The van der Waals surface area contributed by atoms with Gasteiger partial charge in [-0.25, -0.2) is 4.79 Å². The molecule has 4 nitrogen and oxygen atoms in total. The molecule has 1 aromatic rings. The maximum Gasteiger partial charge on any atom is 0.333 e. The van der Waals surface area contributed by atoms with Gasteiger partial charge in [0, 0.05) is 11.1 Å². The van der Waals surface area contributed by atoms with Gasteiger partial charge in [-0.15, -0.1) is 0 Å². The summed E-state index contributed by atoms with van der Waals surface area (Å²) in [5.74, 6) is 0.557. The molecule has 1 rings (SSSR count). The second-order valence-corrected chi connectivity index (χ2v) is 9.72. The number of hydrogen-bond donors (Lipinski definition) is 0. The number of allylic oxidation sites excluding steroid dienone is 11. The van der Waals surface area contributed by atoms with Gasteiger partial charge in [0.15, 0.2) is 0 Å². The van der Waals surface area contributed by atoms with Crippen LogP contribution in [0.2, 0.25) is 0 Å². The number of aromatic nitrogens is 1. The Kier molecular flexibility index (Phi) is 14.6. The molecule has 1 aromatic heterocycles. The van der Waals surface area contributed by atoms with Gasteiger partial charge in [0.1, 0.15) is 5.76 Å². The number of hydrogen-bond acceptors (Lipinski definition) is 4. The summed E-state index contributed by atoms with van der Waals surface area (Å²) in [6.45, 7) is 21.1. The molecule has 0 unspecified atom stereocenters. The van der Waals surface area contributed by atoms with Crippen molar-refractivity contribution >= 4 is 11.5 Å². The standard InChI is InChI=1S/C33H49NO3/c1-11-15-17-24(6)31(20-19-25(7)33(35)36-14-4)26(8)29(18-16-12-2)22-30(21-23(5)13-3)32-27(9)34-37-28(32)10/h17,19-22H,11-16,18H2,1-10H3/b23-21-,24-17+,25-19+,29-26+,30-22+,31-20+. The smallest absolute Gasteiger partial charge is 0.333 e. The third-order valence-corrected chi connectivity index (χ3v) is 6.56. The molecule has 0 aliphatic rings. The molecule has 37 heavy (non-hydrogen) atoms. The molecule has 0 saturated carbocycles. The van der Waals surface area contributed by atoms with Crippen molar-refractivity contribution in [3.05, 3.63) is 80.8 Å². The highest BCUT2D eigenvalue weighted by molar-refractivity contribution is 5.88. The van der Waals surface area contributed by atoms with Gasteiger partial charge in [-0.05, 0) is 102 Å². The first-order valence-corrected chi connectivity index (χ1v) is 13.9. The van der Waals surface area contributed by atoms with Crippen LogP contribution < -0.4 is 0 Å². The molecule has 4 heteroatoms. The molecule has 0 atom stereocenters. The molecule has 0 N–H and O–H groups in total. The average Bonchev–Trinajstić information content (AvgIpc) is 3.21. The maximum atomic E-state index is 12.2. The zero-order chi connectivity index (χ0) is 28.0. The molecule has 0 spiro atoms. The first-order valence-electron chi connectivity index (χ1n) is 13.9. The third kappa shape index (κ3) is 10.2. The number of aryl methyl sites for hydroxylation is 2. The van der Waals surface area contributed by atoms with Crippen molar-refractivity contribution in [2.45, 2.75) is 108 Å². The lowest BCUT2D eigenvalue weighted by atomic mass is 9.89. The summed E-state index contributed by atoms with van der Waals surface area (Å²) in [4.78, 5) is 12.2. The van der Waals surface area contributed by atoms with E-state index in [1.54, 1.807) is 0 Å². The Bertz CT molecular complexity index is 1070. The van der Waals surface area contributed by atoms with Crippen molar-refractivity contribution in [3.8, 4) is 0 Å². The van der Waals surface area contributed by atoms with Crippen molar-refractivity contribution in [2.75, 3.05) is 6.61 Å². The molecule has 204 valence electrons. The van der Waals surface area contributed by atoms with Gasteiger partial charge in [0.25, 0.3) is 0 Å². The Morgan fingerprint density at radius 2 is 1.65 bits per heavy atom. The summed E-state index contributed by atoms with van der Waals surface area (Å²) in [6, 6.07) is 0. The van der Waals surface area contributed by atoms with Crippen molar-refractivity contribution in [1.82, 2.24) is 5.16 Å². The Labute approximate surface area is 225 Å². The van der Waals surface area contributed by atoms with E-state index in [9.17, 15) is 4.79 Å². The normalized spacial score (nSPS) is 14.7. The van der Waals surface area contributed by atoms with Crippen LogP contribution in [0.15, 0.2) is 68.3 Å². The Hall–Kier alpha value is -2.88. The van der Waals surface area contributed by atoms with E-state index in [4.69, 9.17) is 9.26 Å². The summed E-state index contributed by atoms with van der Waals surface area (Å²) in [5.41, 5.74) is 9.88. The fourth-order valence-corrected chi connectivity index (χ4v) is 4.09. The Morgan fingerprint density at radius 1 is 0.946 bits per heavy atom. The van der Waals surface area contributed by atoms with Gasteiger partial charge >= 0.3 is 5.97 Å². The van der Waals surface area contributed by atoms with Crippen LogP contribution in [0.5, 0.6) is 0 Å². The van der Waals surface area contributed by atoms with Gasteiger partial charge < -0.3 is 9.26 Å². The first-order chi connectivity index (χ1) is 17.6. The highest BCUT2D eigenvalue weighted by Gasteiger charge is 2.15. The summed E-state index contributed by atoms with van der Waals surface area (Å²) in [7, 11) is 0. The fourth-order valence-electron chi connectivity index (χ4n) is 4.09. The number of carbonyl (C=O) groups is 1. The zero-order valence-corrected chi connectivity index (χ0v) is 25.0. The quantitative estimate of drug-likeness (QED) is 0.143. The third-order valence-electron chi connectivity index (χ3n) is 6.56. The van der Waals surface area contributed by atoms with E-state index < -0.39 is 0 Å². The molecule has 0 aromatic carbocycles. The molecular formula is C33H49NO3. The highest BCUT2D eigenvalue weighted by atomic mass is 16.5. The van der Waals surface area contributed by atoms with Gasteiger partial charge in [-0.1, -0.05) is 74.7 Å². The molecule has 1 heterocycles. The van der Waals surface area contributed by atoms with Crippen LogP contribution in [0.1, 0.15) is 111 Å². The minimum absolute atomic E-state index is 0.276. The number of esters is 1. The van der Waals surface area contributed by atoms with Crippen molar-refractivity contribution in [1.29, 1.82) is 0 Å². The SMILES string of the molecule is CCC/C=C(C)/C(=C\C=C(/C)C(=O)OCC)C(/C)=C(/C=C(\C=C(\C)CC)c1c(C)noc1C)CCCC. The first kappa shape index (κ1) is 32.1. The Morgan fingerprint density at radius 3 is 2.19 bits per heavy atom. The number of unbranched alkanes of at least 4 members (excludes halogenated alkanes) is 2. The largest absolute Gasteiger partial charge is 0.463 e. The predicted octanol–water partition coefficient (Wildman–Crippen LogP) is 9.72. The lowest BCUT2D eigenvalue weighted by molar-refractivity contribution is -0.138. The maximum absolute atomic E-state index is 12.2. The van der Waals surface area contributed by atoms with Crippen LogP contribution in [0, 0.1) is 13.8 Å². The predicted molar refractivity (Wildman–Crippen MR) is 157 cm³/mol. The minimum atomic E-state index is -0.276. The summed E-state index contributed by atoms with van der Waals surface area (Å²) in [6.07, 6.45) is 17.1. The van der Waals surface area contributed by atoms with E-state index >= 15 is 0 Å². The van der Waals surface area contributed by atoms with Crippen molar-refractivity contribution < 1.29 is 14.1 Å². The van der Waals surface area contributed by atoms with Gasteiger partial charge in [0.2, 0.25) is 0 Å². The topological polar surface area (TPSA) is 52.3 Å². The van der Waals surface area contributed by atoms with Crippen molar-refractivity contribution in [3.63, 3.8) is 0 Å². The molecule has 0 radical (unpaired) electrons. The van der Waals surface area contributed by atoms with E-state index in [0.29, 0.717) is 12.2 Å². The van der Waals surface area contributed by atoms with E-state index in [1.165, 1.54) is 22.3 Å². The van der Waals surface area contributed by atoms with Crippen LogP contribution in [0.4, 0.5) is 0 Å². The molecule has 0 fully saturated rings. The van der Waals surface area contributed by atoms with Crippen LogP contribution in [-0.4, -0.2) is 17.7 Å². The second-order valence-electron chi connectivity index (χ2n) is 9.72. The molecule has 0 aliphatic heterocycles. The van der Waals surface area contributed by atoms with Crippen LogP contribution >= 0.6 is 0 Å². The second kappa shape index (κ2) is 16.8. The van der Waals surface area contributed by atoms with Gasteiger partial charge in [-0.3, -0.25) is 0 Å². The molecule has 0 bridgehead atoms. The fraction of sp³-hybridized carbons (Fsp3) is 0.515. The lowest BCUT2D eigenvalue weighted by Gasteiger charge is -2.16. The lowest BCUT2D eigenvalue weighted by Crippen LogP contribution is -2.04. The monoisotopic (exact) mass is 507 g/mol. The van der Waals surface area contributed by atoms with E-state index in [0.717, 1.165) is 66.7 Å². The van der Waals surface area contributed by atoms with E-state index in [-0.39, 0.29) is 5.97 Å². The van der Waals surface area contributed by atoms with Crippen molar-refractivity contribution in [2.24, 2.45) is 0 Å². The summed E-state index contributed by atoms with van der Waals surface area (Å²) >= 11 is 0. The van der Waals surface area contributed by atoms with E-state index in [1.807, 2.05) is 33.8 Å². The molecular weight excluding hydrogens is 458 g/mol. The molecule has 0 amide bonds. The van der Waals surface area contributed by atoms with Gasteiger partial charge in [-0.2, -0.15) is 0 Å². The Balaban J connectivity index is 3.90. The van der Waals surface area contributed by atoms with Crippen LogP contribution in [-0.2, 0) is 9.53 Å². The molecule has 0 aliphatic carbocycles. The summed E-state index contributed by atoms with van der Waals surface area (Å²) < 4.78 is 10.7. The summed E-state index contributed by atoms with van der Waals surface area (Å²) in [5, 5.41) is 4.23. The van der Waals surface area contributed by atoms with E-state index in [2.05, 4.69) is 71.0 Å². The zero-order valence-electron chi connectivity index (χ0n) is 25.0.